The standard InChI is InChI=1S/C13H21N3O4S.ClH/c1-3-20-6-7-21(18,19)15-9-13(17)16-12-8-11(14)5-4-10(12)2;/h4-5,8,15H,3,6-7,9,14H2,1-2H3,(H,16,17);1H. The van der Waals surface area contributed by atoms with Crippen molar-refractivity contribution in [3.8, 4) is 0 Å². The van der Waals surface area contributed by atoms with E-state index >= 15 is 0 Å². The molecule has 0 saturated heterocycles. The van der Waals surface area contributed by atoms with Crippen molar-refractivity contribution in [3.63, 3.8) is 0 Å². The molecule has 4 N–H and O–H groups in total. The number of nitrogen functional groups attached to an aromatic ring is 1. The lowest BCUT2D eigenvalue weighted by atomic mass is 10.2. The summed E-state index contributed by atoms with van der Waals surface area (Å²) in [7, 11) is -3.52. The van der Waals surface area contributed by atoms with Gasteiger partial charge in [-0.15, -0.1) is 12.4 Å². The number of ether oxygens (including phenoxy) is 1. The Morgan fingerprint density at radius 2 is 2.05 bits per heavy atom. The summed E-state index contributed by atoms with van der Waals surface area (Å²) in [5.74, 6) is -0.630. The summed E-state index contributed by atoms with van der Waals surface area (Å²) >= 11 is 0. The number of benzene rings is 1. The number of hydrogen-bond donors (Lipinski definition) is 3. The molecule has 0 aromatic heterocycles. The molecule has 1 aromatic rings. The third-order valence-corrected chi connectivity index (χ3v) is 3.98. The summed E-state index contributed by atoms with van der Waals surface area (Å²) in [5, 5.41) is 2.61. The largest absolute Gasteiger partial charge is 0.399 e. The molecule has 1 aromatic carbocycles. The van der Waals surface area contributed by atoms with Crippen molar-refractivity contribution >= 4 is 39.7 Å². The Kier molecular flexibility index (Phi) is 9.03. The average molecular weight is 352 g/mol. The Bertz CT molecular complexity index is 593. The predicted molar refractivity (Wildman–Crippen MR) is 89.8 cm³/mol. The van der Waals surface area contributed by atoms with Crippen molar-refractivity contribution < 1.29 is 17.9 Å². The molecule has 0 bridgehead atoms. The highest BCUT2D eigenvalue weighted by Gasteiger charge is 2.13. The summed E-state index contributed by atoms with van der Waals surface area (Å²) in [6, 6.07) is 5.12. The van der Waals surface area contributed by atoms with Gasteiger partial charge < -0.3 is 15.8 Å². The van der Waals surface area contributed by atoms with Crippen LogP contribution in [0.25, 0.3) is 0 Å². The van der Waals surface area contributed by atoms with Gasteiger partial charge in [0, 0.05) is 18.0 Å². The van der Waals surface area contributed by atoms with E-state index in [4.69, 9.17) is 10.5 Å². The number of amides is 1. The number of carbonyl (C=O) groups is 1. The zero-order valence-corrected chi connectivity index (χ0v) is 14.2. The first-order chi connectivity index (χ1) is 9.84. The molecule has 0 aliphatic rings. The first kappa shape index (κ1) is 20.6. The van der Waals surface area contributed by atoms with Crippen molar-refractivity contribution in [2.45, 2.75) is 13.8 Å². The highest BCUT2D eigenvalue weighted by molar-refractivity contribution is 7.89. The molecule has 0 saturated carbocycles. The van der Waals surface area contributed by atoms with Crippen LogP contribution in [0.5, 0.6) is 0 Å². The van der Waals surface area contributed by atoms with Gasteiger partial charge in [0.05, 0.1) is 18.9 Å². The molecule has 0 spiro atoms. The number of hydrogen-bond acceptors (Lipinski definition) is 5. The molecule has 0 radical (unpaired) electrons. The van der Waals surface area contributed by atoms with E-state index in [1.54, 1.807) is 25.1 Å². The lowest BCUT2D eigenvalue weighted by Crippen LogP contribution is -2.35. The second-order valence-corrected chi connectivity index (χ2v) is 6.39. The lowest BCUT2D eigenvalue weighted by Gasteiger charge is -2.10. The summed E-state index contributed by atoms with van der Waals surface area (Å²) in [6.07, 6.45) is 0. The Morgan fingerprint density at radius 1 is 1.36 bits per heavy atom. The van der Waals surface area contributed by atoms with Crippen LogP contribution in [0.1, 0.15) is 12.5 Å². The monoisotopic (exact) mass is 351 g/mol. The molecule has 0 aliphatic heterocycles. The number of sulfonamides is 1. The molecule has 126 valence electrons. The van der Waals surface area contributed by atoms with Crippen molar-refractivity contribution in [1.29, 1.82) is 0 Å². The van der Waals surface area contributed by atoms with Gasteiger partial charge in [-0.25, -0.2) is 13.1 Å². The number of nitrogens with two attached hydrogens (primary N) is 1. The Hall–Kier alpha value is -1.35. The Balaban J connectivity index is 0.00000441. The molecule has 1 rings (SSSR count). The topological polar surface area (TPSA) is 111 Å². The van der Waals surface area contributed by atoms with Crippen LogP contribution in [0.4, 0.5) is 11.4 Å². The van der Waals surface area contributed by atoms with Crippen LogP contribution in [0.2, 0.25) is 0 Å². The van der Waals surface area contributed by atoms with Crippen molar-refractivity contribution in [2.75, 3.05) is 36.6 Å². The SMILES string of the molecule is CCOCCS(=O)(=O)NCC(=O)Nc1cc(N)ccc1C.Cl. The third kappa shape index (κ3) is 7.60. The molecule has 22 heavy (non-hydrogen) atoms. The van der Waals surface area contributed by atoms with E-state index in [1.165, 1.54) is 0 Å². The van der Waals surface area contributed by atoms with E-state index in [2.05, 4.69) is 10.0 Å². The number of anilines is 2. The van der Waals surface area contributed by atoms with Crippen molar-refractivity contribution in [1.82, 2.24) is 4.72 Å². The lowest BCUT2D eigenvalue weighted by molar-refractivity contribution is -0.115. The van der Waals surface area contributed by atoms with Crippen LogP contribution < -0.4 is 15.8 Å². The van der Waals surface area contributed by atoms with Crippen molar-refractivity contribution in [2.24, 2.45) is 0 Å². The van der Waals surface area contributed by atoms with Crippen LogP contribution >= 0.6 is 12.4 Å². The number of carbonyl (C=O) groups excluding carboxylic acids is 1. The van der Waals surface area contributed by atoms with E-state index < -0.39 is 15.9 Å². The summed E-state index contributed by atoms with van der Waals surface area (Å²) in [4.78, 5) is 11.7. The fourth-order valence-electron chi connectivity index (χ4n) is 1.53. The van der Waals surface area contributed by atoms with Gasteiger partial charge in [-0.05, 0) is 31.5 Å². The molecule has 7 nitrogen and oxygen atoms in total. The molecular weight excluding hydrogens is 330 g/mol. The molecule has 0 fully saturated rings. The highest BCUT2D eigenvalue weighted by Crippen LogP contribution is 2.17. The number of rotatable bonds is 8. The van der Waals surface area contributed by atoms with E-state index in [9.17, 15) is 13.2 Å². The van der Waals surface area contributed by atoms with Crippen molar-refractivity contribution in [3.05, 3.63) is 23.8 Å². The maximum atomic E-state index is 11.7. The predicted octanol–water partition coefficient (Wildman–Crippen LogP) is 0.893. The first-order valence-electron chi connectivity index (χ1n) is 6.55. The molecule has 1 amide bonds. The van der Waals surface area contributed by atoms with Gasteiger partial charge in [0.25, 0.3) is 0 Å². The maximum Gasteiger partial charge on any atom is 0.239 e. The Morgan fingerprint density at radius 3 is 2.68 bits per heavy atom. The second-order valence-electron chi connectivity index (χ2n) is 4.46. The quantitative estimate of drug-likeness (QED) is 0.476. The van der Waals surface area contributed by atoms with Crippen LogP contribution in [0.15, 0.2) is 18.2 Å². The van der Waals surface area contributed by atoms with Crippen LogP contribution in [-0.2, 0) is 19.6 Å². The average Bonchev–Trinajstić information content (AvgIpc) is 2.41. The van der Waals surface area contributed by atoms with E-state index in [0.29, 0.717) is 18.0 Å². The molecule has 0 unspecified atom stereocenters. The van der Waals surface area contributed by atoms with Gasteiger partial charge in [0.15, 0.2) is 0 Å². The fourth-order valence-corrected chi connectivity index (χ4v) is 2.36. The maximum absolute atomic E-state index is 11.7. The molecule has 0 heterocycles. The van der Waals surface area contributed by atoms with Crippen LogP contribution in [0.3, 0.4) is 0 Å². The molecular formula is C13H22ClN3O4S. The van der Waals surface area contributed by atoms with E-state index in [-0.39, 0.29) is 31.3 Å². The Labute approximate surface area is 137 Å². The van der Waals surface area contributed by atoms with Gasteiger partial charge in [-0.3, -0.25) is 4.79 Å². The van der Waals surface area contributed by atoms with Crippen LogP contribution in [0, 0.1) is 6.92 Å². The molecule has 0 aliphatic carbocycles. The van der Waals surface area contributed by atoms with Gasteiger partial charge in [-0.1, -0.05) is 6.07 Å². The van der Waals surface area contributed by atoms with Crippen LogP contribution in [-0.4, -0.2) is 39.8 Å². The minimum absolute atomic E-state index is 0. The zero-order chi connectivity index (χ0) is 15.9. The third-order valence-electron chi connectivity index (χ3n) is 2.69. The summed E-state index contributed by atoms with van der Waals surface area (Å²) in [5.41, 5.74) is 7.57. The van der Waals surface area contributed by atoms with E-state index in [0.717, 1.165) is 5.56 Å². The van der Waals surface area contributed by atoms with Gasteiger partial charge in [0.1, 0.15) is 0 Å². The normalized spacial score (nSPS) is 10.8. The van der Waals surface area contributed by atoms with E-state index in [1.807, 2.05) is 6.92 Å². The number of aryl methyl sites for hydroxylation is 1. The van der Waals surface area contributed by atoms with Gasteiger partial charge >= 0.3 is 0 Å². The smallest absolute Gasteiger partial charge is 0.239 e. The highest BCUT2D eigenvalue weighted by atomic mass is 35.5. The minimum atomic E-state index is -3.52. The first-order valence-corrected chi connectivity index (χ1v) is 8.20. The second kappa shape index (κ2) is 9.62. The summed E-state index contributed by atoms with van der Waals surface area (Å²) in [6.45, 7) is 3.82. The fraction of sp³-hybridized carbons (Fsp3) is 0.462. The number of nitrogens with one attached hydrogen (secondary N) is 2. The summed E-state index contributed by atoms with van der Waals surface area (Å²) < 4.78 is 30.4. The molecule has 0 atom stereocenters. The number of halogens is 1. The van der Waals surface area contributed by atoms with Gasteiger partial charge in [-0.2, -0.15) is 0 Å². The molecule has 9 heteroatoms. The zero-order valence-electron chi connectivity index (χ0n) is 12.6. The van der Waals surface area contributed by atoms with Gasteiger partial charge in [0.2, 0.25) is 15.9 Å². The minimum Gasteiger partial charge on any atom is -0.399 e.